The van der Waals surface area contributed by atoms with Crippen molar-refractivity contribution >= 4 is 11.4 Å². The molecule has 0 bridgehead atoms. The molecule has 0 radical (unpaired) electrons. The molecular formula is C15H22N2O. The number of rotatable bonds is 2. The minimum Gasteiger partial charge on any atom is -0.495 e. The normalized spacial score (nSPS) is 20.7. The third-order valence-corrected chi connectivity index (χ3v) is 4.52. The first-order chi connectivity index (χ1) is 8.80. The topological polar surface area (TPSA) is 24.5 Å². The van der Waals surface area contributed by atoms with Crippen LogP contribution in [0.3, 0.4) is 0 Å². The van der Waals surface area contributed by atoms with E-state index in [1.54, 1.807) is 7.11 Å². The van der Waals surface area contributed by atoms with Crippen molar-refractivity contribution in [1.82, 2.24) is 0 Å². The van der Waals surface area contributed by atoms with Crippen molar-refractivity contribution in [2.75, 3.05) is 30.4 Å². The second kappa shape index (κ2) is 4.38. The fourth-order valence-electron chi connectivity index (χ4n) is 3.67. The number of anilines is 2. The monoisotopic (exact) mass is 246 g/mol. The molecule has 18 heavy (non-hydrogen) atoms. The van der Waals surface area contributed by atoms with Crippen LogP contribution in [0.4, 0.5) is 11.4 Å². The summed E-state index contributed by atoms with van der Waals surface area (Å²) in [4.78, 5) is 2.57. The number of benzene rings is 1. The van der Waals surface area contributed by atoms with Crippen molar-refractivity contribution in [3.8, 4) is 5.75 Å². The molecule has 0 atom stereocenters. The highest BCUT2D eigenvalue weighted by atomic mass is 16.5. The van der Waals surface area contributed by atoms with E-state index in [2.05, 4.69) is 35.3 Å². The van der Waals surface area contributed by atoms with Gasteiger partial charge in [-0.2, -0.15) is 0 Å². The highest BCUT2D eigenvalue weighted by molar-refractivity contribution is 5.80. The molecular weight excluding hydrogens is 224 g/mol. The molecule has 2 aliphatic rings. The number of fused-ring (bicyclic) bond motifs is 1. The van der Waals surface area contributed by atoms with Crippen LogP contribution in [0, 0.1) is 0 Å². The summed E-state index contributed by atoms with van der Waals surface area (Å²) in [5.74, 6) is 0.993. The zero-order valence-electron chi connectivity index (χ0n) is 11.3. The van der Waals surface area contributed by atoms with Gasteiger partial charge in [0.15, 0.2) is 0 Å². The third-order valence-electron chi connectivity index (χ3n) is 4.52. The van der Waals surface area contributed by atoms with Gasteiger partial charge in [0.2, 0.25) is 0 Å². The van der Waals surface area contributed by atoms with Gasteiger partial charge in [0.1, 0.15) is 11.4 Å². The molecule has 3 rings (SSSR count). The number of likely N-dealkylation sites (N-methyl/N-ethyl adjacent to an activating group) is 1. The molecule has 1 heterocycles. The van der Waals surface area contributed by atoms with E-state index < -0.39 is 0 Å². The van der Waals surface area contributed by atoms with Crippen molar-refractivity contribution < 1.29 is 4.74 Å². The van der Waals surface area contributed by atoms with Gasteiger partial charge in [-0.1, -0.05) is 18.9 Å². The molecule has 3 nitrogen and oxygen atoms in total. The van der Waals surface area contributed by atoms with Crippen LogP contribution < -0.4 is 15.0 Å². The Morgan fingerprint density at radius 1 is 1.33 bits per heavy atom. The smallest absolute Gasteiger partial charge is 0.144 e. The number of ether oxygens (including phenoxy) is 1. The molecule has 0 aromatic heterocycles. The Bertz CT molecular complexity index is 424. The first-order valence-electron chi connectivity index (χ1n) is 6.99. The van der Waals surface area contributed by atoms with Crippen LogP contribution in [0.25, 0.3) is 0 Å². The Balaban J connectivity index is 2.09. The molecule has 1 fully saturated rings. The third kappa shape index (κ3) is 1.57. The SMILES string of the molecule is CCN1c2c(cccc2OC)NCC12CCCC2. The standard InChI is InChI=1S/C15H22N2O/c1-3-17-14-12(7-6-8-13(14)18-2)16-11-15(17)9-4-5-10-15/h6-8,16H,3-5,9-11H2,1-2H3. The zero-order valence-corrected chi connectivity index (χ0v) is 11.3. The van der Waals surface area contributed by atoms with Gasteiger partial charge in [0.25, 0.3) is 0 Å². The van der Waals surface area contributed by atoms with Crippen LogP contribution in [-0.2, 0) is 0 Å². The quantitative estimate of drug-likeness (QED) is 0.867. The van der Waals surface area contributed by atoms with Gasteiger partial charge in [0, 0.05) is 13.1 Å². The fraction of sp³-hybridized carbons (Fsp3) is 0.600. The van der Waals surface area contributed by atoms with E-state index in [0.29, 0.717) is 5.54 Å². The highest BCUT2D eigenvalue weighted by Crippen LogP contribution is 2.47. The van der Waals surface area contributed by atoms with Gasteiger partial charge in [-0.25, -0.2) is 0 Å². The maximum Gasteiger partial charge on any atom is 0.144 e. The molecule has 1 aromatic carbocycles. The van der Waals surface area contributed by atoms with E-state index in [1.165, 1.54) is 37.1 Å². The van der Waals surface area contributed by atoms with Crippen LogP contribution in [0.5, 0.6) is 5.75 Å². The number of hydrogen-bond acceptors (Lipinski definition) is 3. The molecule has 1 aliphatic carbocycles. The van der Waals surface area contributed by atoms with Crippen molar-refractivity contribution in [1.29, 1.82) is 0 Å². The zero-order chi connectivity index (χ0) is 12.6. The summed E-state index contributed by atoms with van der Waals surface area (Å²) in [7, 11) is 1.76. The maximum absolute atomic E-state index is 5.57. The fourth-order valence-corrected chi connectivity index (χ4v) is 3.67. The van der Waals surface area contributed by atoms with Gasteiger partial charge in [-0.05, 0) is 31.9 Å². The van der Waals surface area contributed by atoms with E-state index in [-0.39, 0.29) is 0 Å². The first kappa shape index (κ1) is 11.7. The van der Waals surface area contributed by atoms with E-state index in [4.69, 9.17) is 4.74 Å². The number of nitrogens with zero attached hydrogens (tertiary/aromatic N) is 1. The summed E-state index contributed by atoms with van der Waals surface area (Å²) in [6, 6.07) is 6.28. The first-order valence-corrected chi connectivity index (χ1v) is 6.99. The largest absolute Gasteiger partial charge is 0.495 e. The summed E-state index contributed by atoms with van der Waals surface area (Å²) in [6.07, 6.45) is 5.29. The predicted octanol–water partition coefficient (Wildman–Crippen LogP) is 3.26. The molecule has 3 heteroatoms. The van der Waals surface area contributed by atoms with Gasteiger partial charge in [0.05, 0.1) is 18.3 Å². The average Bonchev–Trinajstić information content (AvgIpc) is 2.87. The molecule has 0 saturated heterocycles. The van der Waals surface area contributed by atoms with Crippen LogP contribution in [0.15, 0.2) is 18.2 Å². The van der Waals surface area contributed by atoms with E-state index >= 15 is 0 Å². The van der Waals surface area contributed by atoms with Crippen molar-refractivity contribution in [3.63, 3.8) is 0 Å². The molecule has 1 saturated carbocycles. The Morgan fingerprint density at radius 3 is 2.78 bits per heavy atom. The van der Waals surface area contributed by atoms with Crippen molar-refractivity contribution in [2.24, 2.45) is 0 Å². The molecule has 1 aliphatic heterocycles. The van der Waals surface area contributed by atoms with Gasteiger partial charge >= 0.3 is 0 Å². The number of nitrogens with one attached hydrogen (secondary N) is 1. The van der Waals surface area contributed by atoms with Gasteiger partial charge < -0.3 is 15.0 Å². The second-order valence-electron chi connectivity index (χ2n) is 5.39. The van der Waals surface area contributed by atoms with Gasteiger partial charge in [-0.15, -0.1) is 0 Å². The minimum atomic E-state index is 0.316. The maximum atomic E-state index is 5.57. The van der Waals surface area contributed by atoms with Crippen molar-refractivity contribution in [3.05, 3.63) is 18.2 Å². The lowest BCUT2D eigenvalue weighted by Gasteiger charge is -2.47. The Labute approximate surface area is 109 Å². The van der Waals surface area contributed by atoms with Crippen molar-refractivity contribution in [2.45, 2.75) is 38.1 Å². The molecule has 0 amide bonds. The number of para-hydroxylation sites is 1. The summed E-state index contributed by atoms with van der Waals surface area (Å²) >= 11 is 0. The lowest BCUT2D eigenvalue weighted by atomic mass is 9.91. The van der Waals surface area contributed by atoms with Gasteiger partial charge in [-0.3, -0.25) is 0 Å². The summed E-state index contributed by atoms with van der Waals surface area (Å²) in [5.41, 5.74) is 2.79. The Hall–Kier alpha value is -1.38. The van der Waals surface area contributed by atoms with E-state index in [1.807, 2.05) is 0 Å². The summed E-state index contributed by atoms with van der Waals surface area (Å²) in [5, 5.41) is 3.61. The van der Waals surface area contributed by atoms with Crippen LogP contribution in [0.2, 0.25) is 0 Å². The molecule has 98 valence electrons. The molecule has 0 unspecified atom stereocenters. The highest BCUT2D eigenvalue weighted by Gasteiger charge is 2.43. The minimum absolute atomic E-state index is 0.316. The molecule has 1 spiro atoms. The van der Waals surface area contributed by atoms with Crippen LogP contribution >= 0.6 is 0 Å². The lowest BCUT2D eigenvalue weighted by molar-refractivity contribution is 0.385. The Kier molecular flexibility index (Phi) is 2.84. The summed E-state index contributed by atoms with van der Waals surface area (Å²) < 4.78 is 5.57. The molecule has 1 aromatic rings. The van der Waals surface area contributed by atoms with Crippen LogP contribution in [0.1, 0.15) is 32.6 Å². The summed E-state index contributed by atoms with van der Waals surface area (Å²) in [6.45, 7) is 4.37. The second-order valence-corrected chi connectivity index (χ2v) is 5.39. The Morgan fingerprint density at radius 2 is 2.11 bits per heavy atom. The lowest BCUT2D eigenvalue weighted by Crippen LogP contribution is -2.54. The number of hydrogen-bond donors (Lipinski definition) is 1. The van der Waals surface area contributed by atoms with E-state index in [9.17, 15) is 0 Å². The average molecular weight is 246 g/mol. The predicted molar refractivity (Wildman–Crippen MR) is 75.7 cm³/mol. The number of methoxy groups -OCH3 is 1. The molecule has 1 N–H and O–H groups in total. The van der Waals surface area contributed by atoms with E-state index in [0.717, 1.165) is 18.8 Å². The van der Waals surface area contributed by atoms with Crippen LogP contribution in [-0.4, -0.2) is 25.7 Å².